The summed E-state index contributed by atoms with van der Waals surface area (Å²) >= 11 is 0. The second-order valence-electron chi connectivity index (χ2n) is 7.19. The summed E-state index contributed by atoms with van der Waals surface area (Å²) in [6.07, 6.45) is 5.31. The highest BCUT2D eigenvalue weighted by Gasteiger charge is 2.30. The van der Waals surface area contributed by atoms with Crippen LogP contribution >= 0.6 is 0 Å². The summed E-state index contributed by atoms with van der Waals surface area (Å²) < 4.78 is 23.7. The van der Waals surface area contributed by atoms with Gasteiger partial charge >= 0.3 is 0 Å². The molecule has 0 bridgehead atoms. The molecule has 128 valence electrons. The number of hydrogen-bond donors (Lipinski definition) is 0. The number of rotatable bonds is 4. The molecular weight excluding hydrogens is 316 g/mol. The second-order valence-corrected chi connectivity index (χ2v) is 9.17. The third-order valence-electron chi connectivity index (χ3n) is 4.80. The Hall–Kier alpha value is -1.63. The van der Waals surface area contributed by atoms with Gasteiger partial charge in [0.2, 0.25) is 0 Å². The van der Waals surface area contributed by atoms with Crippen molar-refractivity contribution in [3.05, 3.63) is 28.3 Å². The molecule has 0 aromatic heterocycles. The van der Waals surface area contributed by atoms with Gasteiger partial charge in [0.1, 0.15) is 4.90 Å². The molecule has 1 aromatic carbocycles. The molecule has 2 rings (SSSR count). The zero-order chi connectivity index (χ0) is 17.4. The van der Waals surface area contributed by atoms with E-state index >= 15 is 0 Å². The first-order valence-electron chi connectivity index (χ1n) is 7.73. The number of anilines is 1. The van der Waals surface area contributed by atoms with Gasteiger partial charge in [-0.15, -0.1) is 0 Å². The number of nitro benzene ring substituents is 1. The van der Waals surface area contributed by atoms with Gasteiger partial charge in [-0.1, -0.05) is 13.8 Å². The SMILES string of the molecule is CN(c1ccc([N+](=O)[O-])c(S(C)(=O)=O)c1)C1CCC(C)(C)CC1. The van der Waals surface area contributed by atoms with E-state index in [-0.39, 0.29) is 10.6 Å². The van der Waals surface area contributed by atoms with Gasteiger partial charge in [-0.25, -0.2) is 8.42 Å². The molecule has 0 N–H and O–H groups in total. The van der Waals surface area contributed by atoms with Crippen LogP contribution in [0.5, 0.6) is 0 Å². The molecular formula is C16H24N2O4S. The van der Waals surface area contributed by atoms with E-state index in [4.69, 9.17) is 0 Å². The maximum atomic E-state index is 11.9. The lowest BCUT2D eigenvalue weighted by Crippen LogP contribution is -2.37. The minimum absolute atomic E-state index is 0.219. The van der Waals surface area contributed by atoms with Gasteiger partial charge in [0.15, 0.2) is 9.84 Å². The van der Waals surface area contributed by atoms with E-state index in [1.165, 1.54) is 12.1 Å². The first-order valence-corrected chi connectivity index (χ1v) is 9.62. The largest absolute Gasteiger partial charge is 0.372 e. The minimum atomic E-state index is -3.65. The molecule has 0 unspecified atom stereocenters. The standard InChI is InChI=1S/C16H24N2O4S/c1-16(2)9-7-12(8-10-16)17(3)13-5-6-14(18(19)20)15(11-13)23(4,21)22/h5-6,11-12H,7-10H2,1-4H3. The molecule has 1 aromatic rings. The van der Waals surface area contributed by atoms with Crippen LogP contribution in [0.1, 0.15) is 39.5 Å². The summed E-state index contributed by atoms with van der Waals surface area (Å²) in [5.74, 6) is 0. The summed E-state index contributed by atoms with van der Waals surface area (Å²) in [4.78, 5) is 12.2. The fourth-order valence-electron chi connectivity index (χ4n) is 3.15. The van der Waals surface area contributed by atoms with Crippen molar-refractivity contribution in [2.45, 2.75) is 50.5 Å². The summed E-state index contributed by atoms with van der Waals surface area (Å²) in [5, 5.41) is 11.1. The molecule has 1 aliphatic rings. The van der Waals surface area contributed by atoms with Crippen LogP contribution in [-0.4, -0.2) is 32.7 Å². The van der Waals surface area contributed by atoms with Crippen LogP contribution in [0.25, 0.3) is 0 Å². The van der Waals surface area contributed by atoms with Crippen LogP contribution in [0, 0.1) is 15.5 Å². The van der Waals surface area contributed by atoms with Gasteiger partial charge in [-0.2, -0.15) is 0 Å². The van der Waals surface area contributed by atoms with Gasteiger partial charge in [0.25, 0.3) is 5.69 Å². The molecule has 23 heavy (non-hydrogen) atoms. The Bertz CT molecular complexity index is 703. The molecule has 0 amide bonds. The Labute approximate surface area is 137 Å². The highest BCUT2D eigenvalue weighted by atomic mass is 32.2. The summed E-state index contributed by atoms with van der Waals surface area (Å²) in [6.45, 7) is 4.52. The molecule has 0 radical (unpaired) electrons. The Balaban J connectivity index is 2.32. The predicted octanol–water partition coefficient (Wildman–Crippen LogP) is 3.40. The van der Waals surface area contributed by atoms with Crippen molar-refractivity contribution in [1.29, 1.82) is 0 Å². The zero-order valence-corrected chi connectivity index (χ0v) is 14.9. The van der Waals surface area contributed by atoms with Gasteiger partial charge in [0.05, 0.1) is 4.92 Å². The first-order chi connectivity index (χ1) is 10.5. The molecule has 1 aliphatic carbocycles. The van der Waals surface area contributed by atoms with Crippen LogP contribution < -0.4 is 4.90 Å². The maximum absolute atomic E-state index is 11.9. The first kappa shape index (κ1) is 17.7. The monoisotopic (exact) mass is 340 g/mol. The third-order valence-corrected chi connectivity index (χ3v) is 5.93. The molecule has 0 aliphatic heterocycles. The average molecular weight is 340 g/mol. The van der Waals surface area contributed by atoms with Crippen LogP contribution in [-0.2, 0) is 9.84 Å². The molecule has 0 atom stereocenters. The van der Waals surface area contributed by atoms with E-state index in [2.05, 4.69) is 13.8 Å². The number of benzene rings is 1. The lowest BCUT2D eigenvalue weighted by molar-refractivity contribution is -0.387. The zero-order valence-electron chi connectivity index (χ0n) is 14.1. The van der Waals surface area contributed by atoms with Gasteiger partial charge < -0.3 is 4.90 Å². The van der Waals surface area contributed by atoms with Crippen LogP contribution in [0.15, 0.2) is 23.1 Å². The van der Waals surface area contributed by atoms with E-state index in [0.717, 1.165) is 31.9 Å². The predicted molar refractivity (Wildman–Crippen MR) is 90.6 cm³/mol. The second kappa shape index (κ2) is 6.11. The maximum Gasteiger partial charge on any atom is 0.288 e. The number of hydrogen-bond acceptors (Lipinski definition) is 5. The Kier molecular flexibility index (Phi) is 4.71. The number of nitrogens with zero attached hydrogens (tertiary/aromatic N) is 2. The van der Waals surface area contributed by atoms with E-state index < -0.39 is 14.8 Å². The topological polar surface area (TPSA) is 80.5 Å². The molecule has 1 fully saturated rings. The average Bonchev–Trinajstić information content (AvgIpc) is 2.45. The fraction of sp³-hybridized carbons (Fsp3) is 0.625. The molecule has 0 spiro atoms. The van der Waals surface area contributed by atoms with E-state index in [9.17, 15) is 18.5 Å². The Morgan fingerprint density at radius 2 is 1.83 bits per heavy atom. The highest BCUT2D eigenvalue weighted by molar-refractivity contribution is 7.90. The normalized spacial score (nSPS) is 18.6. The smallest absolute Gasteiger partial charge is 0.288 e. The van der Waals surface area contributed by atoms with Crippen LogP contribution in [0.4, 0.5) is 11.4 Å². The molecule has 0 saturated heterocycles. The Morgan fingerprint density at radius 3 is 2.30 bits per heavy atom. The van der Waals surface area contributed by atoms with Crippen molar-refractivity contribution in [2.24, 2.45) is 5.41 Å². The van der Waals surface area contributed by atoms with Crippen molar-refractivity contribution in [3.8, 4) is 0 Å². The minimum Gasteiger partial charge on any atom is -0.372 e. The molecule has 0 heterocycles. The van der Waals surface area contributed by atoms with Gasteiger partial charge in [-0.3, -0.25) is 10.1 Å². The summed E-state index contributed by atoms with van der Waals surface area (Å²) in [5.41, 5.74) is 0.695. The van der Waals surface area contributed by atoms with Crippen LogP contribution in [0.3, 0.4) is 0 Å². The van der Waals surface area contributed by atoms with E-state index in [1.54, 1.807) is 6.07 Å². The number of sulfone groups is 1. The van der Waals surface area contributed by atoms with Crippen molar-refractivity contribution >= 4 is 21.2 Å². The lowest BCUT2D eigenvalue weighted by atomic mass is 9.75. The fourth-order valence-corrected chi connectivity index (χ4v) is 4.01. The van der Waals surface area contributed by atoms with E-state index in [0.29, 0.717) is 17.1 Å². The summed E-state index contributed by atoms with van der Waals surface area (Å²) in [6, 6.07) is 4.67. The highest BCUT2D eigenvalue weighted by Crippen LogP contribution is 2.38. The molecule has 6 nitrogen and oxygen atoms in total. The van der Waals surface area contributed by atoms with Gasteiger partial charge in [0, 0.05) is 31.1 Å². The lowest BCUT2D eigenvalue weighted by Gasteiger charge is -2.39. The number of nitro groups is 1. The quantitative estimate of drug-likeness (QED) is 0.620. The van der Waals surface area contributed by atoms with E-state index in [1.807, 2.05) is 11.9 Å². The van der Waals surface area contributed by atoms with Crippen molar-refractivity contribution in [3.63, 3.8) is 0 Å². The third kappa shape index (κ3) is 4.02. The molecule has 7 heteroatoms. The Morgan fingerprint density at radius 1 is 1.26 bits per heavy atom. The molecule has 1 saturated carbocycles. The van der Waals surface area contributed by atoms with Crippen molar-refractivity contribution < 1.29 is 13.3 Å². The van der Waals surface area contributed by atoms with Crippen molar-refractivity contribution in [2.75, 3.05) is 18.2 Å². The summed E-state index contributed by atoms with van der Waals surface area (Å²) in [7, 11) is -1.73. The van der Waals surface area contributed by atoms with Crippen LogP contribution in [0.2, 0.25) is 0 Å². The van der Waals surface area contributed by atoms with Gasteiger partial charge in [-0.05, 0) is 43.2 Å². The van der Waals surface area contributed by atoms with Crippen molar-refractivity contribution in [1.82, 2.24) is 0 Å².